The Morgan fingerprint density at radius 1 is 1.46 bits per heavy atom. The molecule has 28 heavy (non-hydrogen) atoms. The van der Waals surface area contributed by atoms with E-state index in [-0.39, 0.29) is 17.9 Å². The summed E-state index contributed by atoms with van der Waals surface area (Å²) < 4.78 is 20.5. The molecule has 1 N–H and O–H groups in total. The van der Waals surface area contributed by atoms with Gasteiger partial charge in [-0.2, -0.15) is 0 Å². The minimum atomic E-state index is -0.886. The van der Waals surface area contributed by atoms with E-state index >= 15 is 4.39 Å². The number of carbonyl (C=O) groups excluding carboxylic acids is 1. The number of carbonyl (C=O) groups is 1. The Labute approximate surface area is 170 Å². The fraction of sp³-hybridized carbons (Fsp3) is 0.500. The van der Waals surface area contributed by atoms with Crippen LogP contribution in [0.4, 0.5) is 14.9 Å². The number of unbranched alkanes of at least 4 members (excludes halogenated alkanes) is 1. The number of nitrogens with zero attached hydrogens (tertiary/aromatic N) is 3. The van der Waals surface area contributed by atoms with Crippen molar-refractivity contribution < 1.29 is 13.9 Å². The number of aryl methyl sites for hydroxylation is 1. The van der Waals surface area contributed by atoms with E-state index in [4.69, 9.17) is 21.7 Å². The Hall–Kier alpha value is -2.28. The van der Waals surface area contributed by atoms with Crippen molar-refractivity contribution in [1.29, 1.82) is 5.41 Å². The second kappa shape index (κ2) is 9.28. The number of hydrogen-bond acceptors (Lipinski definition) is 5. The van der Waals surface area contributed by atoms with Gasteiger partial charge < -0.3 is 10.1 Å². The second-order valence-electron chi connectivity index (χ2n) is 7.46. The van der Waals surface area contributed by atoms with Gasteiger partial charge >= 0.3 is 6.09 Å². The van der Waals surface area contributed by atoms with E-state index in [0.717, 1.165) is 29.5 Å². The van der Waals surface area contributed by atoms with Crippen molar-refractivity contribution in [3.05, 3.63) is 29.1 Å². The van der Waals surface area contributed by atoms with Gasteiger partial charge in [0.1, 0.15) is 17.3 Å². The molecule has 1 unspecified atom stereocenters. The van der Waals surface area contributed by atoms with Crippen LogP contribution in [0.3, 0.4) is 0 Å². The molecule has 1 amide bonds. The lowest BCUT2D eigenvalue weighted by molar-refractivity contribution is 0.0602. The fourth-order valence-electron chi connectivity index (χ4n) is 2.74. The van der Waals surface area contributed by atoms with Crippen LogP contribution >= 0.6 is 11.6 Å². The Kier molecular flexibility index (Phi) is 7.29. The highest BCUT2D eigenvalue weighted by molar-refractivity contribution is 6.25. The molecule has 152 valence electrons. The van der Waals surface area contributed by atoms with Crippen LogP contribution < -0.4 is 4.90 Å². The molecule has 0 aliphatic carbocycles. The summed E-state index contributed by atoms with van der Waals surface area (Å²) in [4.78, 5) is 22.1. The van der Waals surface area contributed by atoms with Crippen molar-refractivity contribution in [3.8, 4) is 0 Å². The molecule has 0 bridgehead atoms. The molecule has 0 aromatic heterocycles. The average molecular weight is 409 g/mol. The Morgan fingerprint density at radius 2 is 2.18 bits per heavy atom. The summed E-state index contributed by atoms with van der Waals surface area (Å²) >= 11 is 5.97. The summed E-state index contributed by atoms with van der Waals surface area (Å²) in [5, 5.41) is 7.70. The number of amides is 1. The molecule has 2 rings (SSSR count). The van der Waals surface area contributed by atoms with Gasteiger partial charge in [-0.05, 0) is 56.9 Å². The smallest absolute Gasteiger partial charge is 0.420 e. The molecule has 0 spiro atoms. The van der Waals surface area contributed by atoms with Gasteiger partial charge in [0.15, 0.2) is 0 Å². The van der Waals surface area contributed by atoms with Gasteiger partial charge in [-0.15, -0.1) is 0 Å². The number of hydrogen-bond donors (Lipinski definition) is 1. The van der Waals surface area contributed by atoms with Gasteiger partial charge in [-0.25, -0.2) is 19.1 Å². The first-order valence-electron chi connectivity index (χ1n) is 9.24. The van der Waals surface area contributed by atoms with Crippen LogP contribution in [0.15, 0.2) is 22.1 Å². The van der Waals surface area contributed by atoms with Crippen molar-refractivity contribution in [2.24, 2.45) is 9.98 Å². The quantitative estimate of drug-likeness (QED) is 0.407. The molecular formula is C20H26ClFN4O2. The Morgan fingerprint density at radius 3 is 2.75 bits per heavy atom. The fourth-order valence-corrected chi connectivity index (χ4v) is 2.93. The zero-order valence-corrected chi connectivity index (χ0v) is 17.4. The van der Waals surface area contributed by atoms with Gasteiger partial charge in [0.05, 0.1) is 5.69 Å². The Bertz CT molecular complexity index is 802. The third-order valence-corrected chi connectivity index (χ3v) is 4.21. The monoisotopic (exact) mass is 408 g/mol. The number of ether oxygens (including phenoxy) is 1. The molecule has 0 fully saturated rings. The molecule has 8 heteroatoms. The molecule has 0 saturated heterocycles. The molecule has 1 atom stereocenters. The number of amidine groups is 1. The molecule has 1 heterocycles. The van der Waals surface area contributed by atoms with Gasteiger partial charge in [0.2, 0.25) is 5.62 Å². The summed E-state index contributed by atoms with van der Waals surface area (Å²) in [5.74, 6) is -0.348. The van der Waals surface area contributed by atoms with Gasteiger partial charge in [-0.3, -0.25) is 4.99 Å². The first-order chi connectivity index (χ1) is 13.2. The van der Waals surface area contributed by atoms with Crippen LogP contribution in [-0.2, 0) is 11.2 Å². The summed E-state index contributed by atoms with van der Waals surface area (Å²) in [7, 11) is 0. The maximum atomic E-state index is 15.0. The SMILES string of the molecule is CCCCc1cc(F)c(N(C(=O)OC(C)(C)C)C2=NC(Cl)N=CC2)cc1C=N. The number of benzene rings is 1. The third kappa shape index (κ3) is 5.61. The summed E-state index contributed by atoms with van der Waals surface area (Å²) in [6, 6.07) is 2.85. The maximum Gasteiger partial charge on any atom is 0.420 e. The van der Waals surface area contributed by atoms with Crippen molar-refractivity contribution in [3.63, 3.8) is 0 Å². The molecule has 0 radical (unpaired) electrons. The largest absolute Gasteiger partial charge is 0.443 e. The first kappa shape index (κ1) is 22.0. The standard InChI is InChI=1S/C20H26ClFN4O2/c1-5-6-7-13-10-15(22)16(11-14(13)12-23)26(19(27)28-20(2,3)4)17-8-9-24-18(21)25-17/h9-12,18,23H,5-8H2,1-4H3. The van der Waals surface area contributed by atoms with Gasteiger partial charge in [0.25, 0.3) is 0 Å². The molecule has 1 aliphatic heterocycles. The van der Waals surface area contributed by atoms with Crippen molar-refractivity contribution in [1.82, 2.24) is 0 Å². The Balaban J connectivity index is 2.53. The number of halogens is 2. The van der Waals surface area contributed by atoms with E-state index < -0.39 is 23.1 Å². The van der Waals surface area contributed by atoms with E-state index in [0.29, 0.717) is 12.0 Å². The third-order valence-electron chi connectivity index (χ3n) is 4.00. The summed E-state index contributed by atoms with van der Waals surface area (Å²) in [6.45, 7) is 7.23. The predicted octanol–water partition coefficient (Wildman–Crippen LogP) is 5.30. The molecule has 1 aliphatic rings. The lowest BCUT2D eigenvalue weighted by atomic mass is 10.0. The number of rotatable bonds is 5. The van der Waals surface area contributed by atoms with Crippen molar-refractivity contribution in [2.75, 3.05) is 4.90 Å². The molecular weight excluding hydrogens is 383 g/mol. The number of anilines is 1. The molecule has 1 aromatic rings. The average Bonchev–Trinajstić information content (AvgIpc) is 2.60. The zero-order chi connectivity index (χ0) is 20.9. The van der Waals surface area contributed by atoms with Crippen LogP contribution in [0.2, 0.25) is 0 Å². The minimum Gasteiger partial charge on any atom is -0.443 e. The molecule has 6 nitrogen and oxygen atoms in total. The summed E-state index contributed by atoms with van der Waals surface area (Å²) in [6.07, 6.45) is 4.63. The van der Waals surface area contributed by atoms with Gasteiger partial charge in [-0.1, -0.05) is 24.9 Å². The van der Waals surface area contributed by atoms with E-state index in [1.54, 1.807) is 20.8 Å². The van der Waals surface area contributed by atoms with Gasteiger partial charge in [0, 0.05) is 18.9 Å². The second-order valence-corrected chi connectivity index (χ2v) is 7.85. The zero-order valence-electron chi connectivity index (χ0n) is 16.6. The van der Waals surface area contributed by atoms with E-state index in [1.165, 1.54) is 18.3 Å². The maximum absolute atomic E-state index is 15.0. The van der Waals surface area contributed by atoms with Crippen LogP contribution in [-0.4, -0.2) is 35.6 Å². The lowest BCUT2D eigenvalue weighted by Gasteiger charge is -2.29. The van der Waals surface area contributed by atoms with Crippen LogP contribution in [0.1, 0.15) is 58.1 Å². The minimum absolute atomic E-state index is 0.0223. The number of aliphatic imine (C=N–C) groups is 2. The lowest BCUT2D eigenvalue weighted by Crippen LogP contribution is -2.42. The van der Waals surface area contributed by atoms with Crippen molar-refractivity contribution >= 4 is 41.6 Å². The predicted molar refractivity (Wildman–Crippen MR) is 112 cm³/mol. The molecule has 0 saturated carbocycles. The van der Waals surface area contributed by atoms with E-state index in [9.17, 15) is 4.79 Å². The van der Waals surface area contributed by atoms with E-state index in [1.807, 2.05) is 6.92 Å². The topological polar surface area (TPSA) is 78.1 Å². The van der Waals surface area contributed by atoms with Crippen LogP contribution in [0.25, 0.3) is 0 Å². The summed E-state index contributed by atoms with van der Waals surface area (Å²) in [5.41, 5.74) is -0.412. The normalized spacial score (nSPS) is 16.5. The molecule has 1 aromatic carbocycles. The number of alkyl halides is 1. The highest BCUT2D eigenvalue weighted by Gasteiger charge is 2.31. The number of nitrogens with one attached hydrogen (secondary N) is 1. The first-order valence-corrected chi connectivity index (χ1v) is 9.68. The van der Waals surface area contributed by atoms with Crippen molar-refractivity contribution in [2.45, 2.75) is 64.6 Å². The van der Waals surface area contributed by atoms with E-state index in [2.05, 4.69) is 9.98 Å². The van der Waals surface area contributed by atoms with Crippen LogP contribution in [0.5, 0.6) is 0 Å². The highest BCUT2D eigenvalue weighted by Crippen LogP contribution is 2.28. The van der Waals surface area contributed by atoms with Crippen LogP contribution in [0, 0.1) is 11.2 Å². The highest BCUT2D eigenvalue weighted by atomic mass is 35.5.